The van der Waals surface area contributed by atoms with Crippen molar-refractivity contribution in [3.05, 3.63) is 0 Å². The summed E-state index contributed by atoms with van der Waals surface area (Å²) in [7, 11) is 2.10. The van der Waals surface area contributed by atoms with Gasteiger partial charge < -0.3 is 0 Å². The molecule has 3 heteroatoms. The maximum Gasteiger partial charge on any atom is 0.147 e. The van der Waals surface area contributed by atoms with Crippen molar-refractivity contribution in [3.8, 4) is 0 Å². The van der Waals surface area contributed by atoms with E-state index >= 15 is 0 Å². The monoisotopic (exact) mass is 213 g/mol. The third-order valence-corrected chi connectivity index (χ3v) is 4.70. The summed E-state index contributed by atoms with van der Waals surface area (Å²) in [6.45, 7) is 2.89. The summed E-state index contributed by atoms with van der Waals surface area (Å²) in [5.74, 6) is 4.33. The van der Waals surface area contributed by atoms with Crippen LogP contribution in [0.25, 0.3) is 0 Å². The Balaban J connectivity index is 2.13. The largest absolute Gasteiger partial charge is 0.298 e. The second-order valence-corrected chi connectivity index (χ2v) is 5.83. The van der Waals surface area contributed by atoms with E-state index in [-0.39, 0.29) is 6.04 Å². The van der Waals surface area contributed by atoms with Crippen LogP contribution in [0.3, 0.4) is 0 Å². The van der Waals surface area contributed by atoms with Crippen molar-refractivity contribution in [1.29, 1.82) is 0 Å². The Bertz CT molecular complexity index is 231. The van der Waals surface area contributed by atoms with Gasteiger partial charge in [0.2, 0.25) is 0 Å². The topological polar surface area (TPSA) is 20.3 Å². The molecule has 0 amide bonds. The van der Waals surface area contributed by atoms with Gasteiger partial charge in [-0.05, 0) is 50.2 Å². The summed E-state index contributed by atoms with van der Waals surface area (Å²) >= 11 is 2.06. The van der Waals surface area contributed by atoms with Gasteiger partial charge in [-0.15, -0.1) is 0 Å². The first-order valence-electron chi connectivity index (χ1n) is 5.48. The molecule has 0 N–H and O–H groups in total. The molecule has 2 heterocycles. The number of likely N-dealkylation sites (N-methyl/N-ethyl adjacent to an activating group) is 1. The van der Waals surface area contributed by atoms with E-state index in [0.29, 0.717) is 11.7 Å². The van der Waals surface area contributed by atoms with E-state index in [1.54, 1.807) is 6.92 Å². The molecule has 80 valence electrons. The highest BCUT2D eigenvalue weighted by molar-refractivity contribution is 7.99. The summed E-state index contributed by atoms with van der Waals surface area (Å²) in [5.41, 5.74) is 0. The molecule has 2 fully saturated rings. The number of carbonyl (C=O) groups is 1. The lowest BCUT2D eigenvalue weighted by Crippen LogP contribution is -2.36. The lowest BCUT2D eigenvalue weighted by Gasteiger charge is -2.22. The minimum atomic E-state index is 0.221. The van der Waals surface area contributed by atoms with Gasteiger partial charge in [0, 0.05) is 6.54 Å². The fourth-order valence-corrected chi connectivity index (χ4v) is 4.18. The Hall–Kier alpha value is -0.0200. The van der Waals surface area contributed by atoms with Gasteiger partial charge in [0.05, 0.1) is 6.04 Å². The second kappa shape index (κ2) is 4.23. The molecule has 0 radical (unpaired) electrons. The zero-order valence-corrected chi connectivity index (χ0v) is 9.85. The number of likely N-dealkylation sites (tertiary alicyclic amines) is 1. The van der Waals surface area contributed by atoms with Gasteiger partial charge in [-0.25, -0.2) is 0 Å². The number of thioether (sulfide) groups is 1. The fourth-order valence-electron chi connectivity index (χ4n) is 3.07. The molecule has 0 aromatic rings. The van der Waals surface area contributed by atoms with Crippen LogP contribution < -0.4 is 0 Å². The van der Waals surface area contributed by atoms with E-state index in [9.17, 15) is 4.79 Å². The Morgan fingerprint density at radius 2 is 2.07 bits per heavy atom. The minimum absolute atomic E-state index is 0.221. The number of fused-ring (bicyclic) bond motifs is 1. The summed E-state index contributed by atoms with van der Waals surface area (Å²) in [6, 6.07) is 0.221. The Labute approximate surface area is 90.4 Å². The Morgan fingerprint density at radius 3 is 2.79 bits per heavy atom. The van der Waals surface area contributed by atoms with E-state index in [4.69, 9.17) is 0 Å². The van der Waals surface area contributed by atoms with Crippen molar-refractivity contribution in [2.45, 2.75) is 25.8 Å². The highest BCUT2D eigenvalue weighted by Gasteiger charge is 2.42. The van der Waals surface area contributed by atoms with Crippen LogP contribution in [-0.2, 0) is 4.79 Å². The standard InChI is InChI=1S/C11H19NOS/c1-8(13)11-10-4-6-14-5-3-9(10)7-12(11)2/h9-11H,3-7H2,1-2H3. The van der Waals surface area contributed by atoms with Crippen LogP contribution in [0.1, 0.15) is 19.8 Å². The molecule has 3 atom stereocenters. The van der Waals surface area contributed by atoms with E-state index < -0.39 is 0 Å². The molecule has 0 aliphatic carbocycles. The van der Waals surface area contributed by atoms with Crippen LogP contribution in [0.15, 0.2) is 0 Å². The highest BCUT2D eigenvalue weighted by Crippen LogP contribution is 2.37. The van der Waals surface area contributed by atoms with Crippen LogP contribution in [0.2, 0.25) is 0 Å². The van der Waals surface area contributed by atoms with Gasteiger partial charge in [-0.3, -0.25) is 9.69 Å². The number of nitrogens with zero attached hydrogens (tertiary/aromatic N) is 1. The number of rotatable bonds is 1. The van der Waals surface area contributed by atoms with Gasteiger partial charge in [0.25, 0.3) is 0 Å². The van der Waals surface area contributed by atoms with Crippen LogP contribution >= 0.6 is 11.8 Å². The Kier molecular flexibility index (Phi) is 3.17. The SMILES string of the molecule is CC(=O)C1C2CCSCCC2CN1C. The molecular formula is C11H19NOS. The van der Waals surface area contributed by atoms with Crippen LogP contribution in [0, 0.1) is 11.8 Å². The average Bonchev–Trinajstić information content (AvgIpc) is 2.31. The molecule has 2 rings (SSSR count). The predicted molar refractivity (Wildman–Crippen MR) is 60.6 cm³/mol. The molecule has 14 heavy (non-hydrogen) atoms. The maximum atomic E-state index is 11.6. The molecule has 2 saturated heterocycles. The van der Waals surface area contributed by atoms with E-state index in [2.05, 4.69) is 23.7 Å². The first-order chi connectivity index (χ1) is 6.70. The quantitative estimate of drug-likeness (QED) is 0.660. The van der Waals surface area contributed by atoms with Crippen molar-refractivity contribution in [2.75, 3.05) is 25.1 Å². The lowest BCUT2D eigenvalue weighted by atomic mass is 9.85. The first kappa shape index (κ1) is 10.5. The summed E-state index contributed by atoms with van der Waals surface area (Å²) < 4.78 is 0. The number of carbonyl (C=O) groups excluding carboxylic acids is 1. The van der Waals surface area contributed by atoms with E-state index in [1.165, 1.54) is 24.3 Å². The van der Waals surface area contributed by atoms with Gasteiger partial charge in [-0.1, -0.05) is 0 Å². The molecule has 2 aliphatic rings. The van der Waals surface area contributed by atoms with Crippen molar-refractivity contribution < 1.29 is 4.79 Å². The number of hydrogen-bond donors (Lipinski definition) is 0. The summed E-state index contributed by atoms with van der Waals surface area (Å²) in [6.07, 6.45) is 2.55. The van der Waals surface area contributed by atoms with Gasteiger partial charge in [0.1, 0.15) is 5.78 Å². The van der Waals surface area contributed by atoms with Crippen molar-refractivity contribution in [1.82, 2.24) is 4.90 Å². The van der Waals surface area contributed by atoms with Gasteiger partial charge in [0.15, 0.2) is 0 Å². The molecule has 2 nitrogen and oxygen atoms in total. The van der Waals surface area contributed by atoms with Crippen LogP contribution in [-0.4, -0.2) is 41.8 Å². The second-order valence-electron chi connectivity index (χ2n) is 4.61. The van der Waals surface area contributed by atoms with Crippen LogP contribution in [0.4, 0.5) is 0 Å². The average molecular weight is 213 g/mol. The lowest BCUT2D eigenvalue weighted by molar-refractivity contribution is -0.122. The zero-order chi connectivity index (χ0) is 10.1. The molecule has 0 saturated carbocycles. The van der Waals surface area contributed by atoms with Crippen molar-refractivity contribution in [3.63, 3.8) is 0 Å². The molecule has 3 unspecified atom stereocenters. The van der Waals surface area contributed by atoms with E-state index in [0.717, 1.165) is 12.5 Å². The molecule has 0 aromatic heterocycles. The highest BCUT2D eigenvalue weighted by atomic mass is 32.2. The summed E-state index contributed by atoms with van der Waals surface area (Å²) in [5, 5.41) is 0. The summed E-state index contributed by atoms with van der Waals surface area (Å²) in [4.78, 5) is 13.8. The number of Topliss-reactive ketones (excluding diaryl/α,β-unsaturated/α-hetero) is 1. The maximum absolute atomic E-state index is 11.6. The third-order valence-electron chi connectivity index (χ3n) is 3.65. The smallest absolute Gasteiger partial charge is 0.147 e. The van der Waals surface area contributed by atoms with Gasteiger partial charge >= 0.3 is 0 Å². The van der Waals surface area contributed by atoms with Crippen molar-refractivity contribution >= 4 is 17.5 Å². The van der Waals surface area contributed by atoms with Gasteiger partial charge in [-0.2, -0.15) is 11.8 Å². The van der Waals surface area contributed by atoms with Crippen molar-refractivity contribution in [2.24, 2.45) is 11.8 Å². The predicted octanol–water partition coefficient (Wildman–Crippen LogP) is 1.65. The molecule has 2 aliphatic heterocycles. The molecule has 0 spiro atoms. The molecular weight excluding hydrogens is 194 g/mol. The Morgan fingerprint density at radius 1 is 1.36 bits per heavy atom. The first-order valence-corrected chi connectivity index (χ1v) is 6.64. The van der Waals surface area contributed by atoms with Crippen LogP contribution in [0.5, 0.6) is 0 Å². The minimum Gasteiger partial charge on any atom is -0.298 e. The molecule has 0 aromatic carbocycles. The fraction of sp³-hybridized carbons (Fsp3) is 0.909. The number of hydrogen-bond acceptors (Lipinski definition) is 3. The van der Waals surface area contributed by atoms with E-state index in [1.807, 2.05) is 0 Å². The third kappa shape index (κ3) is 1.84. The number of ketones is 1. The molecule has 0 bridgehead atoms. The zero-order valence-electron chi connectivity index (χ0n) is 9.03. The normalized spacial score (nSPS) is 39.1.